The number of carboxylic acid groups (broad SMARTS) is 1. The first kappa shape index (κ1) is 18.9. The van der Waals surface area contributed by atoms with E-state index in [9.17, 15) is 9.90 Å². The van der Waals surface area contributed by atoms with E-state index in [-0.39, 0.29) is 11.3 Å². The van der Waals surface area contributed by atoms with Gasteiger partial charge in [-0.2, -0.15) is 0 Å². The second kappa shape index (κ2) is 7.33. The normalized spacial score (nSPS) is 13.7. The molecule has 5 rings (SSSR count). The van der Waals surface area contributed by atoms with E-state index in [1.54, 1.807) is 6.07 Å². The van der Waals surface area contributed by atoms with Gasteiger partial charge in [0.15, 0.2) is 11.5 Å². The lowest BCUT2D eigenvalue weighted by molar-refractivity contribution is -0.0461. The van der Waals surface area contributed by atoms with E-state index in [2.05, 4.69) is 0 Å². The largest absolute Gasteiger partial charge is 0.478 e. The Bertz CT molecular complexity index is 1210. The molecule has 1 heterocycles. The molecule has 1 N–H and O–H groups in total. The monoisotopic (exact) mass is 408 g/mol. The molecule has 0 atom stereocenters. The first-order valence-electron chi connectivity index (χ1n) is 10.0. The van der Waals surface area contributed by atoms with Crippen molar-refractivity contribution in [2.75, 3.05) is 0 Å². The lowest BCUT2D eigenvalue weighted by Gasteiger charge is -2.28. The van der Waals surface area contributed by atoms with Gasteiger partial charge in [-0.25, -0.2) is 4.79 Å². The molecule has 0 bridgehead atoms. The van der Waals surface area contributed by atoms with Crippen LogP contribution >= 0.6 is 0 Å². The number of carbonyl (C=O) groups is 1. The number of ether oxygens (including phenoxy) is 2. The summed E-state index contributed by atoms with van der Waals surface area (Å²) in [4.78, 5) is 12.1. The van der Waals surface area contributed by atoms with E-state index < -0.39 is 11.8 Å². The molecule has 1 aliphatic rings. The fourth-order valence-electron chi connectivity index (χ4n) is 3.89. The van der Waals surface area contributed by atoms with E-state index in [1.807, 2.05) is 97.9 Å². The number of hydrogen-bond donors (Lipinski definition) is 1. The van der Waals surface area contributed by atoms with Gasteiger partial charge in [-0.05, 0) is 30.2 Å². The van der Waals surface area contributed by atoms with Crippen molar-refractivity contribution in [3.05, 3.63) is 119 Å². The van der Waals surface area contributed by atoms with Crippen molar-refractivity contribution in [3.63, 3.8) is 0 Å². The van der Waals surface area contributed by atoms with Gasteiger partial charge in [-0.3, -0.25) is 0 Å². The smallest absolute Gasteiger partial charge is 0.339 e. The Morgan fingerprint density at radius 1 is 0.742 bits per heavy atom. The molecule has 0 amide bonds. The highest BCUT2D eigenvalue weighted by Gasteiger charge is 2.47. The Kier molecular flexibility index (Phi) is 4.48. The van der Waals surface area contributed by atoms with Gasteiger partial charge in [-0.15, -0.1) is 0 Å². The summed E-state index contributed by atoms with van der Waals surface area (Å²) in [5.74, 6) is -1.69. The van der Waals surface area contributed by atoms with Crippen LogP contribution in [-0.2, 0) is 5.79 Å². The second-order valence-corrected chi connectivity index (χ2v) is 7.58. The van der Waals surface area contributed by atoms with E-state index in [0.29, 0.717) is 5.75 Å². The van der Waals surface area contributed by atoms with Gasteiger partial charge in [0.25, 0.3) is 0 Å². The third-order valence-corrected chi connectivity index (χ3v) is 5.48. The minimum atomic E-state index is -1.26. The van der Waals surface area contributed by atoms with Crippen molar-refractivity contribution in [2.24, 2.45) is 0 Å². The summed E-state index contributed by atoms with van der Waals surface area (Å²) in [6.07, 6.45) is 0. The minimum Gasteiger partial charge on any atom is -0.478 e. The van der Waals surface area contributed by atoms with Crippen molar-refractivity contribution in [2.45, 2.75) is 12.7 Å². The zero-order chi connectivity index (χ0) is 21.4. The highest BCUT2D eigenvalue weighted by atomic mass is 16.7. The topological polar surface area (TPSA) is 55.8 Å². The number of hydrogen-bond acceptors (Lipinski definition) is 3. The Balaban J connectivity index is 1.70. The lowest BCUT2D eigenvalue weighted by atomic mass is 9.97. The highest BCUT2D eigenvalue weighted by molar-refractivity contribution is 5.94. The fraction of sp³-hybridized carbons (Fsp3) is 0.0741. The van der Waals surface area contributed by atoms with E-state index >= 15 is 0 Å². The van der Waals surface area contributed by atoms with E-state index in [0.717, 1.165) is 27.8 Å². The van der Waals surface area contributed by atoms with Crippen molar-refractivity contribution in [1.82, 2.24) is 0 Å². The van der Waals surface area contributed by atoms with Crippen LogP contribution in [0.2, 0.25) is 0 Å². The summed E-state index contributed by atoms with van der Waals surface area (Å²) in [7, 11) is 0. The maximum atomic E-state index is 12.1. The van der Waals surface area contributed by atoms with Crippen LogP contribution in [0.1, 0.15) is 27.0 Å². The Labute approximate surface area is 180 Å². The number of aromatic carboxylic acids is 1. The molecule has 4 aromatic rings. The predicted octanol–water partition coefficient (Wildman–Crippen LogP) is 6.03. The Morgan fingerprint density at radius 3 is 1.87 bits per heavy atom. The quantitative estimate of drug-likeness (QED) is 0.448. The molecular weight excluding hydrogens is 388 g/mol. The molecule has 0 fully saturated rings. The molecule has 0 saturated carbocycles. The first-order valence-corrected chi connectivity index (χ1v) is 10.0. The van der Waals surface area contributed by atoms with Crippen LogP contribution in [-0.4, -0.2) is 11.1 Å². The van der Waals surface area contributed by atoms with Crippen LogP contribution in [0, 0.1) is 6.92 Å². The molecule has 1 aliphatic heterocycles. The SMILES string of the molecule is Cc1ccc(-c2cc3c(c(C(=O)O)c2)OC(c2ccccc2)(c2ccccc2)O3)cc1. The molecule has 0 radical (unpaired) electrons. The van der Waals surface area contributed by atoms with Gasteiger partial charge in [-0.1, -0.05) is 90.5 Å². The predicted molar refractivity (Wildman–Crippen MR) is 118 cm³/mol. The fourth-order valence-corrected chi connectivity index (χ4v) is 3.89. The average Bonchev–Trinajstić information content (AvgIpc) is 3.21. The van der Waals surface area contributed by atoms with Gasteiger partial charge in [0.05, 0.1) is 0 Å². The van der Waals surface area contributed by atoms with Gasteiger partial charge in [0, 0.05) is 11.1 Å². The molecule has 4 nitrogen and oxygen atoms in total. The molecule has 0 spiro atoms. The van der Waals surface area contributed by atoms with Crippen LogP contribution in [0.3, 0.4) is 0 Å². The van der Waals surface area contributed by atoms with Crippen molar-refractivity contribution < 1.29 is 19.4 Å². The van der Waals surface area contributed by atoms with Gasteiger partial charge in [0.2, 0.25) is 0 Å². The third kappa shape index (κ3) is 3.22. The summed E-state index contributed by atoms with van der Waals surface area (Å²) in [5.41, 5.74) is 4.45. The maximum Gasteiger partial charge on any atom is 0.339 e. The van der Waals surface area contributed by atoms with Crippen LogP contribution in [0.25, 0.3) is 11.1 Å². The first-order chi connectivity index (χ1) is 15.1. The zero-order valence-corrected chi connectivity index (χ0v) is 16.9. The van der Waals surface area contributed by atoms with Crippen LogP contribution in [0.5, 0.6) is 11.5 Å². The van der Waals surface area contributed by atoms with Gasteiger partial charge >= 0.3 is 11.8 Å². The Hall–Kier alpha value is -4.05. The van der Waals surface area contributed by atoms with Gasteiger partial charge < -0.3 is 14.6 Å². The third-order valence-electron chi connectivity index (χ3n) is 5.48. The van der Waals surface area contributed by atoms with Crippen LogP contribution < -0.4 is 9.47 Å². The number of fused-ring (bicyclic) bond motifs is 1. The summed E-state index contributed by atoms with van der Waals surface area (Å²) >= 11 is 0. The molecular formula is C27H20O4. The maximum absolute atomic E-state index is 12.1. The molecule has 4 heteroatoms. The van der Waals surface area contributed by atoms with E-state index in [1.165, 1.54) is 0 Å². The Morgan fingerprint density at radius 2 is 1.32 bits per heavy atom. The lowest BCUT2D eigenvalue weighted by Crippen LogP contribution is -2.36. The molecule has 0 unspecified atom stereocenters. The molecule has 4 aromatic carbocycles. The van der Waals surface area contributed by atoms with Gasteiger partial charge in [0.1, 0.15) is 5.56 Å². The minimum absolute atomic E-state index is 0.0711. The summed E-state index contributed by atoms with van der Waals surface area (Å²) in [5, 5.41) is 9.94. The number of rotatable bonds is 4. The van der Waals surface area contributed by atoms with Crippen molar-refractivity contribution in [1.29, 1.82) is 0 Å². The van der Waals surface area contributed by atoms with Crippen molar-refractivity contribution >= 4 is 5.97 Å². The molecule has 152 valence electrons. The molecule has 0 saturated heterocycles. The molecule has 0 aliphatic carbocycles. The highest BCUT2D eigenvalue weighted by Crippen LogP contribution is 2.50. The van der Waals surface area contributed by atoms with Crippen LogP contribution in [0.15, 0.2) is 97.1 Å². The zero-order valence-electron chi connectivity index (χ0n) is 16.9. The molecule has 0 aromatic heterocycles. The summed E-state index contributed by atoms with van der Waals surface area (Å²) in [6.45, 7) is 2.01. The van der Waals surface area contributed by atoms with Crippen molar-refractivity contribution in [3.8, 4) is 22.6 Å². The molecule has 31 heavy (non-hydrogen) atoms. The number of aryl methyl sites for hydroxylation is 1. The number of carboxylic acids is 1. The standard InChI is InChI=1S/C27H20O4/c1-18-12-14-19(15-13-18)20-16-23(26(28)29)25-24(17-20)30-27(31-25,21-8-4-2-5-9-21)22-10-6-3-7-11-22/h2-17H,1H3,(H,28,29). The summed E-state index contributed by atoms with van der Waals surface area (Å²) < 4.78 is 12.8. The van der Waals surface area contributed by atoms with Crippen LogP contribution in [0.4, 0.5) is 0 Å². The number of benzene rings is 4. The second-order valence-electron chi connectivity index (χ2n) is 7.58. The summed E-state index contributed by atoms with van der Waals surface area (Å²) in [6, 6.07) is 30.6. The average molecular weight is 408 g/mol. The van der Waals surface area contributed by atoms with E-state index in [4.69, 9.17) is 9.47 Å².